The number of aromatic nitrogens is 4. The molecule has 0 aliphatic rings. The fraction of sp³-hybridized carbons (Fsp3) is 0. The highest BCUT2D eigenvalue weighted by molar-refractivity contribution is 7.26. The Morgan fingerprint density at radius 3 is 1.49 bits per heavy atom. The minimum atomic E-state index is 0.599. The normalized spacial score (nSPS) is 11.8. The molecule has 0 unspecified atom stereocenters. The average Bonchev–Trinajstić information content (AvgIpc) is 3.97. The maximum absolute atomic E-state index is 5.49. The predicted octanol–water partition coefficient (Wildman–Crippen LogP) is 17.1. The molecule has 3 heterocycles. The highest BCUT2D eigenvalue weighted by Gasteiger charge is 2.22. The number of thiophene rings is 1. The van der Waals surface area contributed by atoms with Gasteiger partial charge in [-0.2, -0.15) is 0 Å². The second-order valence-corrected chi connectivity index (χ2v) is 18.5. The Kier molecular flexibility index (Phi) is 8.73. The molecule has 0 fully saturated rings. The lowest BCUT2D eigenvalue weighted by molar-refractivity contribution is 1.07. The number of hydrogen-bond acceptors (Lipinski definition) is 4. The van der Waals surface area contributed by atoms with Gasteiger partial charge in [0.25, 0.3) is 0 Å². The van der Waals surface area contributed by atoms with Crippen LogP contribution in [0.1, 0.15) is 0 Å². The SMILES string of the molecule is c1ccc(-c2ccc(-c3nc(-c4cccc(-c5cccc6c5sc5ccccc56)c4)nc(-c4ccc5c6ccccc6c6ccccc6c5c4)n3)c(-n3c4ccccc4c4ccccc43)c2)cc1. The van der Waals surface area contributed by atoms with Crippen LogP contribution >= 0.6 is 11.3 Å². The van der Waals surface area contributed by atoms with Crippen molar-refractivity contribution >= 4 is 85.6 Å². The molecule has 0 amide bonds. The Balaban J connectivity index is 1.03. The zero-order valence-electron chi connectivity index (χ0n) is 36.6. The lowest BCUT2D eigenvalue weighted by Crippen LogP contribution is -2.04. The third-order valence-electron chi connectivity index (χ3n) is 13.6. The van der Waals surface area contributed by atoms with Crippen LogP contribution in [-0.2, 0) is 0 Å². The van der Waals surface area contributed by atoms with Crippen molar-refractivity contribution in [1.29, 1.82) is 0 Å². The van der Waals surface area contributed by atoms with E-state index in [9.17, 15) is 0 Å². The number of rotatable bonds is 6. The number of para-hydroxylation sites is 2. The molecule has 0 saturated heterocycles. The van der Waals surface area contributed by atoms with Gasteiger partial charge in [-0.25, -0.2) is 15.0 Å². The summed E-state index contributed by atoms with van der Waals surface area (Å²) in [7, 11) is 0. The first-order chi connectivity index (χ1) is 33.7. The Bertz CT molecular complexity index is 4250. The summed E-state index contributed by atoms with van der Waals surface area (Å²) in [6.07, 6.45) is 0. The van der Waals surface area contributed by atoms with Crippen molar-refractivity contribution in [2.45, 2.75) is 0 Å². The third kappa shape index (κ3) is 6.10. The summed E-state index contributed by atoms with van der Waals surface area (Å²) in [5.41, 5.74) is 10.5. The maximum Gasteiger partial charge on any atom is 0.166 e. The average molecular weight is 883 g/mol. The van der Waals surface area contributed by atoms with Crippen LogP contribution in [0.5, 0.6) is 0 Å². The van der Waals surface area contributed by atoms with E-state index in [1.165, 1.54) is 63.4 Å². The number of benzene rings is 11. The van der Waals surface area contributed by atoms with E-state index in [0.717, 1.165) is 55.5 Å². The molecular weight excluding hydrogens is 845 g/mol. The summed E-state index contributed by atoms with van der Waals surface area (Å²) >= 11 is 1.84. The first-order valence-electron chi connectivity index (χ1n) is 23.0. The van der Waals surface area contributed by atoms with Gasteiger partial charge < -0.3 is 4.57 Å². The quantitative estimate of drug-likeness (QED) is 0.156. The van der Waals surface area contributed by atoms with Gasteiger partial charge in [-0.05, 0) is 97.0 Å². The lowest BCUT2D eigenvalue weighted by atomic mass is 9.93. The van der Waals surface area contributed by atoms with Gasteiger partial charge in [0.15, 0.2) is 17.5 Å². The first kappa shape index (κ1) is 38.5. The van der Waals surface area contributed by atoms with E-state index in [1.807, 2.05) is 11.3 Å². The standard InChI is InChI=1S/C63H38N4S/c1-2-16-39(17-3-1)40-32-35-54(58(38-40)67-56-29-11-8-24-50(56)51-25-9-12-30-57(51)67)63-65-61(42-19-14-18-41(36-42)44-27-15-28-53-52-26-10-13-31-59(52)68-60(44)53)64-62(66-63)43-33-34-49-47-22-5-4-20-45(47)46-21-6-7-23-48(46)55(49)37-43/h1-38H. The lowest BCUT2D eigenvalue weighted by Gasteiger charge is -2.17. The molecule has 316 valence electrons. The van der Waals surface area contributed by atoms with Gasteiger partial charge in [-0.15, -0.1) is 11.3 Å². The predicted molar refractivity (Wildman–Crippen MR) is 287 cm³/mol. The van der Waals surface area contributed by atoms with Crippen LogP contribution in [0.4, 0.5) is 0 Å². The van der Waals surface area contributed by atoms with E-state index >= 15 is 0 Å². The molecule has 0 radical (unpaired) electrons. The molecule has 0 aliphatic heterocycles. The van der Waals surface area contributed by atoms with Gasteiger partial charge in [-0.1, -0.05) is 188 Å². The summed E-state index contributed by atoms with van der Waals surface area (Å²) in [6, 6.07) is 82.8. The van der Waals surface area contributed by atoms with E-state index in [0.29, 0.717) is 17.5 Å². The first-order valence-corrected chi connectivity index (χ1v) is 23.8. The Labute approximate surface area is 395 Å². The van der Waals surface area contributed by atoms with E-state index in [-0.39, 0.29) is 0 Å². The van der Waals surface area contributed by atoms with Crippen LogP contribution in [0.25, 0.3) is 136 Å². The van der Waals surface area contributed by atoms with E-state index in [4.69, 9.17) is 15.0 Å². The maximum atomic E-state index is 5.49. The second kappa shape index (κ2) is 15.4. The fourth-order valence-corrected chi connectivity index (χ4v) is 11.7. The van der Waals surface area contributed by atoms with Crippen LogP contribution in [0, 0.1) is 0 Å². The third-order valence-corrected chi connectivity index (χ3v) is 14.9. The van der Waals surface area contributed by atoms with Crippen molar-refractivity contribution in [3.05, 3.63) is 231 Å². The zero-order chi connectivity index (χ0) is 44.7. The number of nitrogens with zero attached hydrogens (tertiary/aromatic N) is 4. The molecule has 68 heavy (non-hydrogen) atoms. The molecule has 0 aliphatic carbocycles. The van der Waals surface area contributed by atoms with Gasteiger partial charge in [0.1, 0.15) is 0 Å². The summed E-state index contributed by atoms with van der Waals surface area (Å²) in [5, 5.41) is 12.2. The highest BCUT2D eigenvalue weighted by atomic mass is 32.1. The Hall–Kier alpha value is -8.77. The molecular formula is C63H38N4S. The molecule has 11 aromatic carbocycles. The van der Waals surface area contributed by atoms with E-state index in [2.05, 4.69) is 235 Å². The molecule has 4 nitrogen and oxygen atoms in total. The highest BCUT2D eigenvalue weighted by Crippen LogP contribution is 2.43. The van der Waals surface area contributed by atoms with Crippen LogP contribution < -0.4 is 0 Å². The molecule has 0 N–H and O–H groups in total. The van der Waals surface area contributed by atoms with E-state index < -0.39 is 0 Å². The van der Waals surface area contributed by atoms with Gasteiger partial charge in [0, 0.05) is 47.6 Å². The van der Waals surface area contributed by atoms with Crippen LogP contribution in [0.15, 0.2) is 231 Å². The number of hydrogen-bond donors (Lipinski definition) is 0. The Morgan fingerprint density at radius 2 is 0.779 bits per heavy atom. The zero-order valence-corrected chi connectivity index (χ0v) is 37.5. The summed E-state index contributed by atoms with van der Waals surface area (Å²) < 4.78 is 4.94. The van der Waals surface area contributed by atoms with Crippen LogP contribution in [-0.4, -0.2) is 19.5 Å². The minimum Gasteiger partial charge on any atom is -0.308 e. The molecule has 14 rings (SSSR count). The molecule has 3 aromatic heterocycles. The topological polar surface area (TPSA) is 43.6 Å². The molecule has 0 saturated carbocycles. The monoisotopic (exact) mass is 882 g/mol. The molecule has 0 bridgehead atoms. The molecule has 0 atom stereocenters. The molecule has 0 spiro atoms. The van der Waals surface area contributed by atoms with Gasteiger partial charge in [-0.3, -0.25) is 0 Å². The van der Waals surface area contributed by atoms with Crippen molar-refractivity contribution in [2.75, 3.05) is 0 Å². The van der Waals surface area contributed by atoms with Crippen molar-refractivity contribution in [2.24, 2.45) is 0 Å². The summed E-state index contributed by atoms with van der Waals surface area (Å²) in [4.78, 5) is 16.4. The smallest absolute Gasteiger partial charge is 0.166 e. The van der Waals surface area contributed by atoms with Crippen LogP contribution in [0.3, 0.4) is 0 Å². The van der Waals surface area contributed by atoms with Gasteiger partial charge in [0.05, 0.1) is 16.7 Å². The van der Waals surface area contributed by atoms with Gasteiger partial charge in [0.2, 0.25) is 0 Å². The summed E-state index contributed by atoms with van der Waals surface area (Å²) in [6.45, 7) is 0. The molecule has 5 heteroatoms. The van der Waals surface area contributed by atoms with Crippen molar-refractivity contribution in [1.82, 2.24) is 19.5 Å². The molecule has 14 aromatic rings. The second-order valence-electron chi connectivity index (χ2n) is 17.5. The van der Waals surface area contributed by atoms with Crippen molar-refractivity contribution in [3.8, 4) is 62.1 Å². The minimum absolute atomic E-state index is 0.599. The van der Waals surface area contributed by atoms with Gasteiger partial charge >= 0.3 is 0 Å². The van der Waals surface area contributed by atoms with Crippen molar-refractivity contribution in [3.63, 3.8) is 0 Å². The fourth-order valence-electron chi connectivity index (χ4n) is 10.5. The van der Waals surface area contributed by atoms with Crippen molar-refractivity contribution < 1.29 is 0 Å². The number of fused-ring (bicyclic) bond motifs is 12. The largest absolute Gasteiger partial charge is 0.308 e. The Morgan fingerprint density at radius 1 is 0.279 bits per heavy atom. The van der Waals surface area contributed by atoms with E-state index in [1.54, 1.807) is 0 Å². The van der Waals surface area contributed by atoms with Crippen LogP contribution in [0.2, 0.25) is 0 Å². The summed E-state index contributed by atoms with van der Waals surface area (Å²) in [5.74, 6) is 1.82.